The molecule has 0 saturated carbocycles. The van der Waals surface area contributed by atoms with Gasteiger partial charge in [0, 0.05) is 10.7 Å². The summed E-state index contributed by atoms with van der Waals surface area (Å²) in [4.78, 5) is 0. The molecule has 0 aromatic heterocycles. The van der Waals surface area contributed by atoms with Gasteiger partial charge in [-0.15, -0.1) is 0 Å². The second-order valence-electron chi connectivity index (χ2n) is 3.37. The van der Waals surface area contributed by atoms with Crippen molar-refractivity contribution in [3.8, 4) is 5.75 Å². The predicted octanol–water partition coefficient (Wildman–Crippen LogP) is 4.80. The first-order valence-corrected chi connectivity index (χ1v) is 8.84. The fourth-order valence-electron chi connectivity index (χ4n) is 1.23. The highest BCUT2D eigenvalue weighted by Crippen LogP contribution is 2.36. The maximum absolute atomic E-state index is 9.75. The number of hydrogen-bond donors (Lipinski definition) is 1. The van der Waals surface area contributed by atoms with Crippen LogP contribution in [-0.2, 0) is 0 Å². The topological polar surface area (TPSA) is 29.5 Å². The van der Waals surface area contributed by atoms with Crippen molar-refractivity contribution in [2.45, 2.75) is 12.5 Å². The Bertz CT molecular complexity index is 347. The molecule has 0 heterocycles. The van der Waals surface area contributed by atoms with Crippen LogP contribution < -0.4 is 4.74 Å². The monoisotopic (exact) mass is 492 g/mol. The number of aliphatic hydroxyl groups is 1. The Kier molecular flexibility index (Phi) is 7.65. The van der Waals surface area contributed by atoms with Crippen LogP contribution >= 0.6 is 63.7 Å². The molecule has 1 aromatic rings. The lowest BCUT2D eigenvalue weighted by molar-refractivity contribution is 0.205. The fourth-order valence-corrected chi connectivity index (χ4v) is 3.28. The Hall–Kier alpha value is 0.900. The first-order valence-electron chi connectivity index (χ1n) is 5.02. The highest BCUT2D eigenvalue weighted by Gasteiger charge is 2.13. The molecule has 2 nitrogen and oxygen atoms in total. The lowest BCUT2D eigenvalue weighted by Gasteiger charge is -2.14. The third-order valence-electron chi connectivity index (χ3n) is 2.08. The molecule has 0 fully saturated rings. The average Bonchev–Trinajstić information content (AvgIpc) is 2.31. The van der Waals surface area contributed by atoms with E-state index in [0.717, 1.165) is 32.0 Å². The van der Waals surface area contributed by atoms with Crippen LogP contribution in [0.4, 0.5) is 0 Å². The Morgan fingerprint density at radius 2 is 1.76 bits per heavy atom. The summed E-state index contributed by atoms with van der Waals surface area (Å²) in [6.07, 6.45) is 0.434. The Morgan fingerprint density at radius 3 is 2.24 bits per heavy atom. The van der Waals surface area contributed by atoms with E-state index in [1.165, 1.54) is 0 Å². The Morgan fingerprint density at radius 1 is 1.18 bits per heavy atom. The van der Waals surface area contributed by atoms with Crippen molar-refractivity contribution in [3.05, 3.63) is 26.6 Å². The molecule has 0 saturated heterocycles. The summed E-state index contributed by atoms with van der Waals surface area (Å²) in [5, 5.41) is 11.2. The molecule has 1 rings (SSSR count). The molecule has 0 radical (unpaired) electrons. The predicted molar refractivity (Wildman–Crippen MR) is 84.5 cm³/mol. The molecule has 96 valence electrons. The van der Waals surface area contributed by atoms with Gasteiger partial charge < -0.3 is 9.84 Å². The number of ether oxygens (including phenoxy) is 1. The first kappa shape index (κ1) is 16.0. The molecular formula is C11H12Br4O2. The van der Waals surface area contributed by atoms with Crippen molar-refractivity contribution in [2.24, 2.45) is 0 Å². The molecule has 1 unspecified atom stereocenters. The van der Waals surface area contributed by atoms with Gasteiger partial charge in [-0.1, -0.05) is 31.9 Å². The SMILES string of the molecule is OC(CBr)c1cc(Br)c(OCCCBr)c(Br)c1. The van der Waals surface area contributed by atoms with E-state index in [0.29, 0.717) is 11.9 Å². The molecule has 0 bridgehead atoms. The van der Waals surface area contributed by atoms with Crippen molar-refractivity contribution < 1.29 is 9.84 Å². The van der Waals surface area contributed by atoms with Gasteiger partial charge in [-0.2, -0.15) is 0 Å². The van der Waals surface area contributed by atoms with Crippen molar-refractivity contribution >= 4 is 63.7 Å². The zero-order valence-electron chi connectivity index (χ0n) is 8.93. The van der Waals surface area contributed by atoms with Gasteiger partial charge in [0.05, 0.1) is 21.7 Å². The van der Waals surface area contributed by atoms with Crippen molar-refractivity contribution in [3.63, 3.8) is 0 Å². The van der Waals surface area contributed by atoms with Crippen LogP contribution in [0.15, 0.2) is 21.1 Å². The zero-order chi connectivity index (χ0) is 12.8. The Labute approximate surface area is 135 Å². The van der Waals surface area contributed by atoms with E-state index in [-0.39, 0.29) is 0 Å². The summed E-state index contributed by atoms with van der Waals surface area (Å²) in [6.45, 7) is 0.656. The van der Waals surface area contributed by atoms with Gasteiger partial charge in [-0.05, 0) is 56.0 Å². The molecule has 0 aliphatic heterocycles. The number of halogens is 4. The molecule has 17 heavy (non-hydrogen) atoms. The largest absolute Gasteiger partial charge is 0.491 e. The lowest BCUT2D eigenvalue weighted by atomic mass is 10.1. The summed E-state index contributed by atoms with van der Waals surface area (Å²) in [5.74, 6) is 0.775. The minimum atomic E-state index is -0.515. The average molecular weight is 496 g/mol. The number of alkyl halides is 2. The zero-order valence-corrected chi connectivity index (χ0v) is 15.3. The molecule has 0 aliphatic carbocycles. The van der Waals surface area contributed by atoms with Crippen molar-refractivity contribution in [2.75, 3.05) is 17.3 Å². The van der Waals surface area contributed by atoms with Gasteiger partial charge >= 0.3 is 0 Å². The maximum Gasteiger partial charge on any atom is 0.147 e. The van der Waals surface area contributed by atoms with Crippen LogP contribution in [0, 0.1) is 0 Å². The number of rotatable bonds is 6. The van der Waals surface area contributed by atoms with Gasteiger partial charge in [-0.25, -0.2) is 0 Å². The van der Waals surface area contributed by atoms with Gasteiger partial charge in [0.2, 0.25) is 0 Å². The molecular weight excluding hydrogens is 484 g/mol. The smallest absolute Gasteiger partial charge is 0.147 e. The Balaban J connectivity index is 2.86. The summed E-state index contributed by atoms with van der Waals surface area (Å²) in [6, 6.07) is 3.75. The number of benzene rings is 1. The fraction of sp³-hybridized carbons (Fsp3) is 0.455. The van der Waals surface area contributed by atoms with E-state index in [1.54, 1.807) is 0 Å². The lowest BCUT2D eigenvalue weighted by Crippen LogP contribution is -2.02. The molecule has 0 amide bonds. The van der Waals surface area contributed by atoms with E-state index in [1.807, 2.05) is 12.1 Å². The second-order valence-corrected chi connectivity index (χ2v) is 6.52. The minimum Gasteiger partial charge on any atom is -0.491 e. The third-order valence-corrected chi connectivity index (χ3v) is 4.43. The van der Waals surface area contributed by atoms with E-state index in [2.05, 4.69) is 63.7 Å². The van der Waals surface area contributed by atoms with Gasteiger partial charge in [0.1, 0.15) is 5.75 Å². The second kappa shape index (κ2) is 8.15. The molecule has 0 aliphatic rings. The van der Waals surface area contributed by atoms with Gasteiger partial charge in [-0.3, -0.25) is 0 Å². The van der Waals surface area contributed by atoms with Crippen molar-refractivity contribution in [1.29, 1.82) is 0 Å². The molecule has 1 N–H and O–H groups in total. The molecule has 0 spiro atoms. The summed E-state index contributed by atoms with van der Waals surface area (Å²) < 4.78 is 7.35. The maximum atomic E-state index is 9.75. The van der Waals surface area contributed by atoms with E-state index in [9.17, 15) is 5.11 Å². The van der Waals surface area contributed by atoms with Gasteiger partial charge in [0.15, 0.2) is 0 Å². The summed E-state index contributed by atoms with van der Waals surface area (Å²) >= 11 is 13.5. The standard InChI is InChI=1S/C11H12Br4O2/c12-2-1-3-17-11-8(14)4-7(5-9(11)15)10(16)6-13/h4-5,10,16H,1-3,6H2. The highest BCUT2D eigenvalue weighted by atomic mass is 79.9. The molecule has 1 aromatic carbocycles. The minimum absolute atomic E-state index is 0.510. The highest BCUT2D eigenvalue weighted by molar-refractivity contribution is 9.11. The molecule has 6 heteroatoms. The van der Waals surface area contributed by atoms with E-state index < -0.39 is 6.10 Å². The number of aliphatic hydroxyl groups excluding tert-OH is 1. The molecule has 1 atom stereocenters. The van der Waals surface area contributed by atoms with Crippen LogP contribution in [0.2, 0.25) is 0 Å². The summed E-state index contributed by atoms with van der Waals surface area (Å²) in [5.41, 5.74) is 0.841. The van der Waals surface area contributed by atoms with E-state index in [4.69, 9.17) is 4.74 Å². The third kappa shape index (κ3) is 4.82. The van der Waals surface area contributed by atoms with Crippen LogP contribution in [0.3, 0.4) is 0 Å². The number of hydrogen-bond acceptors (Lipinski definition) is 2. The normalized spacial score (nSPS) is 12.5. The quantitative estimate of drug-likeness (QED) is 0.454. The van der Waals surface area contributed by atoms with Crippen molar-refractivity contribution in [1.82, 2.24) is 0 Å². The van der Waals surface area contributed by atoms with Crippen LogP contribution in [0.25, 0.3) is 0 Å². The first-order chi connectivity index (χ1) is 8.10. The van der Waals surface area contributed by atoms with Crippen LogP contribution in [-0.4, -0.2) is 22.4 Å². The van der Waals surface area contributed by atoms with E-state index >= 15 is 0 Å². The van der Waals surface area contributed by atoms with Crippen LogP contribution in [0.5, 0.6) is 5.75 Å². The van der Waals surface area contributed by atoms with Crippen LogP contribution in [0.1, 0.15) is 18.1 Å². The summed E-state index contributed by atoms with van der Waals surface area (Å²) in [7, 11) is 0. The van der Waals surface area contributed by atoms with Gasteiger partial charge in [0.25, 0.3) is 0 Å².